The normalized spacial score (nSPS) is 16.0. The molecule has 0 saturated carbocycles. The first-order valence-electron chi connectivity index (χ1n) is 7.51. The lowest BCUT2D eigenvalue weighted by atomic mass is 10.1. The molecule has 25 heavy (non-hydrogen) atoms. The van der Waals surface area contributed by atoms with E-state index >= 15 is 0 Å². The zero-order valence-electron chi connectivity index (χ0n) is 12.8. The summed E-state index contributed by atoms with van der Waals surface area (Å²) in [7, 11) is 0. The van der Waals surface area contributed by atoms with Crippen LogP contribution in [-0.4, -0.2) is 22.9 Å². The number of fused-ring (bicyclic) bond motifs is 2. The maximum atomic E-state index is 13.2. The molecule has 1 aliphatic rings. The van der Waals surface area contributed by atoms with E-state index in [9.17, 15) is 14.0 Å². The molecule has 4 rings (SSSR count). The standard InChI is InChI=1S/C17H12FN3O3S/c18-9-5-6-11-14(7-9)25-17(20-11)21-15(22)8-13-16(23)19-10-3-1-2-4-12(10)24-13/h1-7,13H,8H2,(H,19,23)(H,20,21,22). The van der Waals surface area contributed by atoms with Crippen LogP contribution in [0.2, 0.25) is 0 Å². The molecule has 0 aliphatic carbocycles. The Kier molecular flexibility index (Phi) is 3.81. The molecule has 1 aromatic heterocycles. The maximum Gasteiger partial charge on any atom is 0.266 e. The average molecular weight is 357 g/mol. The van der Waals surface area contributed by atoms with Crippen LogP contribution in [0.4, 0.5) is 15.2 Å². The number of para-hydroxylation sites is 2. The summed E-state index contributed by atoms with van der Waals surface area (Å²) in [5.41, 5.74) is 1.18. The Balaban J connectivity index is 1.45. The SMILES string of the molecule is O=C(CC1Oc2ccccc2NC1=O)Nc1nc2ccc(F)cc2s1. The lowest BCUT2D eigenvalue weighted by Crippen LogP contribution is -2.39. The molecule has 1 aliphatic heterocycles. The maximum absolute atomic E-state index is 13.2. The highest BCUT2D eigenvalue weighted by Crippen LogP contribution is 2.30. The van der Waals surface area contributed by atoms with E-state index in [1.54, 1.807) is 30.3 Å². The molecule has 8 heteroatoms. The van der Waals surface area contributed by atoms with Gasteiger partial charge in [0.1, 0.15) is 11.6 Å². The zero-order chi connectivity index (χ0) is 17.4. The molecule has 1 atom stereocenters. The number of ether oxygens (including phenoxy) is 1. The quantitative estimate of drug-likeness (QED) is 0.755. The highest BCUT2D eigenvalue weighted by Gasteiger charge is 2.29. The molecule has 0 saturated heterocycles. The minimum atomic E-state index is -0.915. The fraction of sp³-hybridized carbons (Fsp3) is 0.118. The number of hydrogen-bond donors (Lipinski definition) is 2. The van der Waals surface area contributed by atoms with Gasteiger partial charge in [-0.05, 0) is 30.3 Å². The van der Waals surface area contributed by atoms with Gasteiger partial charge >= 0.3 is 0 Å². The van der Waals surface area contributed by atoms with Crippen molar-refractivity contribution >= 4 is 44.2 Å². The Morgan fingerprint density at radius 3 is 3.04 bits per heavy atom. The van der Waals surface area contributed by atoms with Gasteiger partial charge in [0, 0.05) is 0 Å². The van der Waals surface area contributed by atoms with Crippen molar-refractivity contribution in [3.8, 4) is 5.75 Å². The minimum absolute atomic E-state index is 0.148. The van der Waals surface area contributed by atoms with Crippen LogP contribution in [0.15, 0.2) is 42.5 Å². The van der Waals surface area contributed by atoms with Gasteiger partial charge in [-0.1, -0.05) is 23.5 Å². The van der Waals surface area contributed by atoms with Gasteiger partial charge in [-0.2, -0.15) is 0 Å². The molecule has 6 nitrogen and oxygen atoms in total. The number of aromatic nitrogens is 1. The van der Waals surface area contributed by atoms with E-state index in [1.165, 1.54) is 23.5 Å². The predicted molar refractivity (Wildman–Crippen MR) is 92.3 cm³/mol. The number of carbonyl (C=O) groups is 2. The van der Waals surface area contributed by atoms with Crippen LogP contribution in [0.3, 0.4) is 0 Å². The summed E-state index contributed by atoms with van der Waals surface area (Å²) >= 11 is 1.17. The van der Waals surface area contributed by atoms with Crippen molar-refractivity contribution in [3.63, 3.8) is 0 Å². The number of anilines is 2. The van der Waals surface area contributed by atoms with Crippen LogP contribution >= 0.6 is 11.3 Å². The van der Waals surface area contributed by atoms with Gasteiger partial charge in [0.15, 0.2) is 11.2 Å². The van der Waals surface area contributed by atoms with E-state index in [4.69, 9.17) is 4.74 Å². The molecule has 0 radical (unpaired) electrons. The topological polar surface area (TPSA) is 80.3 Å². The number of carbonyl (C=O) groups excluding carboxylic acids is 2. The second kappa shape index (κ2) is 6.14. The van der Waals surface area contributed by atoms with Crippen molar-refractivity contribution < 1.29 is 18.7 Å². The molecule has 2 amide bonds. The van der Waals surface area contributed by atoms with Gasteiger partial charge in [0.05, 0.1) is 22.3 Å². The molecule has 2 N–H and O–H groups in total. The largest absolute Gasteiger partial charge is 0.478 e. The van der Waals surface area contributed by atoms with Crippen LogP contribution in [0.1, 0.15) is 6.42 Å². The lowest BCUT2D eigenvalue weighted by Gasteiger charge is -2.25. The van der Waals surface area contributed by atoms with Crippen LogP contribution < -0.4 is 15.4 Å². The van der Waals surface area contributed by atoms with E-state index in [1.807, 2.05) is 0 Å². The Morgan fingerprint density at radius 1 is 1.32 bits per heavy atom. The highest BCUT2D eigenvalue weighted by molar-refractivity contribution is 7.22. The van der Waals surface area contributed by atoms with Crippen LogP contribution in [-0.2, 0) is 9.59 Å². The van der Waals surface area contributed by atoms with E-state index in [0.717, 1.165) is 0 Å². The Labute approximate surface area is 145 Å². The van der Waals surface area contributed by atoms with Gasteiger partial charge < -0.3 is 15.4 Å². The molecule has 1 unspecified atom stereocenters. The molecular formula is C17H12FN3O3S. The molecule has 2 aromatic carbocycles. The Bertz CT molecular complexity index is 988. The third kappa shape index (κ3) is 3.16. The zero-order valence-corrected chi connectivity index (χ0v) is 13.6. The first-order valence-corrected chi connectivity index (χ1v) is 8.32. The first kappa shape index (κ1) is 15.5. The number of nitrogens with one attached hydrogen (secondary N) is 2. The Hall–Kier alpha value is -3.00. The Morgan fingerprint density at radius 2 is 2.16 bits per heavy atom. The van der Waals surface area contributed by atoms with E-state index in [-0.39, 0.29) is 18.1 Å². The van der Waals surface area contributed by atoms with Crippen LogP contribution in [0.25, 0.3) is 10.2 Å². The second-order valence-electron chi connectivity index (χ2n) is 5.48. The smallest absolute Gasteiger partial charge is 0.266 e. The summed E-state index contributed by atoms with van der Waals surface area (Å²) in [5.74, 6) is -0.616. The minimum Gasteiger partial charge on any atom is -0.478 e. The number of amides is 2. The third-order valence-corrected chi connectivity index (χ3v) is 4.61. The molecule has 0 fully saturated rings. The number of halogens is 1. The summed E-state index contributed by atoms with van der Waals surface area (Å²) in [4.78, 5) is 28.5. The number of hydrogen-bond acceptors (Lipinski definition) is 5. The van der Waals surface area contributed by atoms with Gasteiger partial charge in [0.2, 0.25) is 5.91 Å². The third-order valence-electron chi connectivity index (χ3n) is 3.67. The van der Waals surface area contributed by atoms with Crippen molar-refractivity contribution in [2.75, 3.05) is 10.6 Å². The molecular weight excluding hydrogens is 345 g/mol. The lowest BCUT2D eigenvalue weighted by molar-refractivity contribution is -0.128. The highest BCUT2D eigenvalue weighted by atomic mass is 32.1. The van der Waals surface area contributed by atoms with Gasteiger partial charge in [-0.3, -0.25) is 9.59 Å². The molecule has 0 spiro atoms. The average Bonchev–Trinajstić information content (AvgIpc) is 2.96. The summed E-state index contributed by atoms with van der Waals surface area (Å²) in [5, 5.41) is 5.69. The van der Waals surface area contributed by atoms with Crippen molar-refractivity contribution in [3.05, 3.63) is 48.3 Å². The van der Waals surface area contributed by atoms with Crippen LogP contribution in [0.5, 0.6) is 5.75 Å². The van der Waals surface area contributed by atoms with Crippen molar-refractivity contribution in [2.45, 2.75) is 12.5 Å². The summed E-state index contributed by atoms with van der Waals surface area (Å²) in [6.07, 6.45) is -1.06. The van der Waals surface area contributed by atoms with Gasteiger partial charge in [0.25, 0.3) is 5.91 Å². The van der Waals surface area contributed by atoms with E-state index in [0.29, 0.717) is 26.8 Å². The number of benzene rings is 2. The fourth-order valence-electron chi connectivity index (χ4n) is 2.52. The number of nitrogens with zero attached hydrogens (tertiary/aromatic N) is 1. The van der Waals surface area contributed by atoms with E-state index in [2.05, 4.69) is 15.6 Å². The van der Waals surface area contributed by atoms with Gasteiger partial charge in [-0.15, -0.1) is 0 Å². The van der Waals surface area contributed by atoms with E-state index < -0.39 is 12.0 Å². The molecule has 0 bridgehead atoms. The number of thiazole rings is 1. The fourth-order valence-corrected chi connectivity index (χ4v) is 3.42. The summed E-state index contributed by atoms with van der Waals surface area (Å²) < 4.78 is 19.4. The second-order valence-corrected chi connectivity index (χ2v) is 6.51. The van der Waals surface area contributed by atoms with Crippen molar-refractivity contribution in [1.29, 1.82) is 0 Å². The first-order chi connectivity index (χ1) is 12.1. The predicted octanol–water partition coefficient (Wildman–Crippen LogP) is 3.16. The molecule has 2 heterocycles. The number of rotatable bonds is 3. The summed E-state index contributed by atoms with van der Waals surface area (Å²) in [6.45, 7) is 0. The van der Waals surface area contributed by atoms with Crippen LogP contribution in [0, 0.1) is 5.82 Å². The monoisotopic (exact) mass is 357 g/mol. The van der Waals surface area contributed by atoms with Crippen molar-refractivity contribution in [1.82, 2.24) is 4.98 Å². The van der Waals surface area contributed by atoms with Crippen molar-refractivity contribution in [2.24, 2.45) is 0 Å². The summed E-state index contributed by atoms with van der Waals surface area (Å²) in [6, 6.07) is 11.2. The molecule has 126 valence electrons. The van der Waals surface area contributed by atoms with Gasteiger partial charge in [-0.25, -0.2) is 9.37 Å². The molecule has 3 aromatic rings.